The van der Waals surface area contributed by atoms with E-state index in [1.165, 1.54) is 16.8 Å². The molecule has 0 saturated heterocycles. The van der Waals surface area contributed by atoms with E-state index in [-0.39, 0.29) is 11.6 Å². The fraction of sp³-hybridized carbons (Fsp3) is 0.120. The molecule has 0 aliphatic heterocycles. The molecule has 33 heavy (non-hydrogen) atoms. The zero-order chi connectivity index (χ0) is 23.5. The average Bonchev–Trinajstić information content (AvgIpc) is 3.23. The molecule has 4 rings (SSSR count). The Bertz CT molecular complexity index is 1330. The second kappa shape index (κ2) is 9.34. The van der Waals surface area contributed by atoms with E-state index < -0.39 is 18.4 Å². The number of aromatic nitrogens is 3. The van der Waals surface area contributed by atoms with E-state index in [1.54, 1.807) is 36.4 Å². The predicted octanol–water partition coefficient (Wildman–Crippen LogP) is 5.38. The zero-order valence-corrected chi connectivity index (χ0v) is 18.6. The Morgan fingerprint density at radius 2 is 1.70 bits per heavy atom. The topological polar surface area (TPSA) is 74.1 Å². The van der Waals surface area contributed by atoms with E-state index in [4.69, 9.17) is 16.3 Å². The first kappa shape index (κ1) is 22.4. The van der Waals surface area contributed by atoms with Gasteiger partial charge < -0.3 is 4.74 Å². The second-order valence-corrected chi connectivity index (χ2v) is 7.91. The number of ether oxygens (including phenoxy) is 1. The van der Waals surface area contributed by atoms with Gasteiger partial charge in [-0.3, -0.25) is 4.79 Å². The maximum absolute atomic E-state index is 13.4. The number of rotatable bonds is 6. The maximum Gasteiger partial charge on any atom is 0.378 e. The summed E-state index contributed by atoms with van der Waals surface area (Å²) >= 11 is 5.83. The normalized spacial score (nSPS) is 10.8. The minimum absolute atomic E-state index is 0.210. The Balaban J connectivity index is 1.64. The largest absolute Gasteiger partial charge is 0.451 e. The van der Waals surface area contributed by atoms with Gasteiger partial charge in [0.05, 0.1) is 5.69 Å². The van der Waals surface area contributed by atoms with Crippen molar-refractivity contribution in [2.75, 3.05) is 6.61 Å². The SMILES string of the molecule is Cc1ccc(-n2nc(C(=O)OCC(=O)c3ccc(Cl)cc3)nc2-c2ccc(F)cc2)c(C)c1. The summed E-state index contributed by atoms with van der Waals surface area (Å²) in [5.74, 6) is -1.48. The van der Waals surface area contributed by atoms with Crippen LogP contribution in [0.25, 0.3) is 17.1 Å². The van der Waals surface area contributed by atoms with Crippen molar-refractivity contribution < 1.29 is 18.7 Å². The van der Waals surface area contributed by atoms with Crippen LogP contribution in [0.15, 0.2) is 66.7 Å². The van der Waals surface area contributed by atoms with Gasteiger partial charge in [0.2, 0.25) is 0 Å². The number of halogens is 2. The molecule has 0 bridgehead atoms. The molecule has 0 aliphatic carbocycles. The van der Waals surface area contributed by atoms with Crippen molar-refractivity contribution in [1.29, 1.82) is 0 Å². The van der Waals surface area contributed by atoms with Gasteiger partial charge in [0, 0.05) is 16.1 Å². The lowest BCUT2D eigenvalue weighted by Gasteiger charge is -2.09. The van der Waals surface area contributed by atoms with Crippen LogP contribution in [0, 0.1) is 19.7 Å². The summed E-state index contributed by atoms with van der Waals surface area (Å²) in [5.41, 5.74) is 3.64. The van der Waals surface area contributed by atoms with Crippen molar-refractivity contribution in [3.63, 3.8) is 0 Å². The number of Topliss-reactive ketones (excluding diaryl/α,β-unsaturated/α-hetero) is 1. The number of benzene rings is 3. The van der Waals surface area contributed by atoms with Gasteiger partial charge in [-0.05, 0) is 74.0 Å². The summed E-state index contributed by atoms with van der Waals surface area (Å²) in [4.78, 5) is 29.3. The highest BCUT2D eigenvalue weighted by Crippen LogP contribution is 2.24. The lowest BCUT2D eigenvalue weighted by atomic mass is 10.1. The Hall–Kier alpha value is -3.84. The number of aryl methyl sites for hydroxylation is 2. The number of esters is 1. The van der Waals surface area contributed by atoms with Crippen molar-refractivity contribution in [3.8, 4) is 17.1 Å². The van der Waals surface area contributed by atoms with E-state index in [2.05, 4.69) is 10.1 Å². The van der Waals surface area contributed by atoms with Crippen molar-refractivity contribution in [1.82, 2.24) is 14.8 Å². The maximum atomic E-state index is 13.4. The third-order valence-electron chi connectivity index (χ3n) is 4.97. The van der Waals surface area contributed by atoms with Gasteiger partial charge in [-0.15, -0.1) is 5.10 Å². The summed E-state index contributed by atoms with van der Waals surface area (Å²) in [6.45, 7) is 3.42. The summed E-state index contributed by atoms with van der Waals surface area (Å²) in [6, 6.07) is 17.8. The van der Waals surface area contributed by atoms with Crippen LogP contribution in [-0.2, 0) is 4.74 Å². The minimum Gasteiger partial charge on any atom is -0.451 e. The third kappa shape index (κ3) is 4.99. The van der Waals surface area contributed by atoms with Crippen molar-refractivity contribution >= 4 is 23.4 Å². The van der Waals surface area contributed by atoms with E-state index in [1.807, 2.05) is 32.0 Å². The van der Waals surface area contributed by atoms with Gasteiger partial charge in [-0.2, -0.15) is 0 Å². The third-order valence-corrected chi connectivity index (χ3v) is 5.23. The first-order valence-electron chi connectivity index (χ1n) is 10.1. The van der Waals surface area contributed by atoms with E-state index in [0.29, 0.717) is 27.7 Å². The lowest BCUT2D eigenvalue weighted by molar-refractivity contribution is 0.0462. The van der Waals surface area contributed by atoms with Crippen LogP contribution in [0.3, 0.4) is 0 Å². The van der Waals surface area contributed by atoms with Crippen LogP contribution >= 0.6 is 11.6 Å². The van der Waals surface area contributed by atoms with Crippen molar-refractivity contribution in [2.45, 2.75) is 13.8 Å². The van der Waals surface area contributed by atoms with Crippen LogP contribution < -0.4 is 0 Å². The van der Waals surface area contributed by atoms with Gasteiger partial charge in [-0.1, -0.05) is 29.3 Å². The molecule has 3 aromatic carbocycles. The van der Waals surface area contributed by atoms with E-state index in [9.17, 15) is 14.0 Å². The summed E-state index contributed by atoms with van der Waals surface area (Å²) in [5, 5.41) is 4.84. The van der Waals surface area contributed by atoms with E-state index >= 15 is 0 Å². The van der Waals surface area contributed by atoms with Gasteiger partial charge in [-0.25, -0.2) is 18.9 Å². The quantitative estimate of drug-likeness (QED) is 0.283. The molecule has 4 aromatic rings. The van der Waals surface area contributed by atoms with Gasteiger partial charge in [0.15, 0.2) is 18.2 Å². The summed E-state index contributed by atoms with van der Waals surface area (Å²) < 4.78 is 20.1. The first-order valence-corrected chi connectivity index (χ1v) is 10.5. The lowest BCUT2D eigenvalue weighted by Crippen LogP contribution is -2.15. The van der Waals surface area contributed by atoms with Crippen LogP contribution in [0.5, 0.6) is 0 Å². The number of ketones is 1. The highest BCUT2D eigenvalue weighted by molar-refractivity contribution is 6.30. The molecule has 0 aliphatic rings. The van der Waals surface area contributed by atoms with Gasteiger partial charge in [0.1, 0.15) is 5.82 Å². The Kier molecular flexibility index (Phi) is 6.33. The molecular formula is C25H19ClFN3O3. The standard InChI is InChI=1S/C25H19ClFN3O3/c1-15-3-12-21(16(2)13-15)30-24(18-6-10-20(27)11-7-18)28-23(29-30)25(32)33-14-22(31)17-4-8-19(26)9-5-17/h3-13H,14H2,1-2H3. The Labute approximate surface area is 194 Å². The summed E-state index contributed by atoms with van der Waals surface area (Å²) in [7, 11) is 0. The monoisotopic (exact) mass is 463 g/mol. The van der Waals surface area contributed by atoms with Crippen LogP contribution in [0.2, 0.25) is 5.02 Å². The molecule has 0 fully saturated rings. The number of hydrogen-bond acceptors (Lipinski definition) is 5. The molecule has 0 amide bonds. The first-order chi connectivity index (χ1) is 15.8. The van der Waals surface area contributed by atoms with Gasteiger partial charge in [0.25, 0.3) is 5.82 Å². The molecule has 0 N–H and O–H groups in total. The minimum atomic E-state index is -0.843. The molecule has 0 unspecified atom stereocenters. The highest BCUT2D eigenvalue weighted by Gasteiger charge is 2.22. The number of carbonyl (C=O) groups is 2. The molecule has 1 heterocycles. The second-order valence-electron chi connectivity index (χ2n) is 7.47. The molecule has 1 aromatic heterocycles. The molecule has 166 valence electrons. The highest BCUT2D eigenvalue weighted by atomic mass is 35.5. The smallest absolute Gasteiger partial charge is 0.378 e. The van der Waals surface area contributed by atoms with Crippen LogP contribution in [0.1, 0.15) is 32.1 Å². The molecule has 8 heteroatoms. The van der Waals surface area contributed by atoms with Crippen molar-refractivity contribution in [2.24, 2.45) is 0 Å². The Morgan fingerprint density at radius 1 is 1.00 bits per heavy atom. The van der Waals surface area contributed by atoms with Crippen molar-refractivity contribution in [3.05, 3.63) is 100 Å². The Morgan fingerprint density at radius 3 is 2.36 bits per heavy atom. The van der Waals surface area contributed by atoms with Gasteiger partial charge >= 0.3 is 5.97 Å². The molecule has 0 atom stereocenters. The number of hydrogen-bond donors (Lipinski definition) is 0. The average molecular weight is 464 g/mol. The van der Waals surface area contributed by atoms with E-state index in [0.717, 1.165) is 11.1 Å². The number of carbonyl (C=O) groups excluding carboxylic acids is 2. The molecule has 0 spiro atoms. The number of nitrogens with zero attached hydrogens (tertiary/aromatic N) is 3. The molecule has 0 radical (unpaired) electrons. The van der Waals surface area contributed by atoms with Crippen LogP contribution in [-0.4, -0.2) is 33.1 Å². The fourth-order valence-corrected chi connectivity index (χ4v) is 3.44. The molecule has 6 nitrogen and oxygen atoms in total. The molecular weight excluding hydrogens is 445 g/mol. The fourth-order valence-electron chi connectivity index (χ4n) is 3.31. The molecule has 0 saturated carbocycles. The zero-order valence-electron chi connectivity index (χ0n) is 17.9. The predicted molar refractivity (Wildman–Crippen MR) is 122 cm³/mol. The van der Waals surface area contributed by atoms with Crippen LogP contribution in [0.4, 0.5) is 4.39 Å². The summed E-state index contributed by atoms with van der Waals surface area (Å²) in [6.07, 6.45) is 0.